The molecule has 1 aromatic carbocycles. The second kappa shape index (κ2) is 6.24. The number of thioether (sulfide) groups is 1. The monoisotopic (exact) mass is 288 g/mol. The van der Waals surface area contributed by atoms with E-state index >= 15 is 0 Å². The summed E-state index contributed by atoms with van der Waals surface area (Å²) in [4.78, 5) is 9.68. The maximum absolute atomic E-state index is 5.26. The molecule has 0 amide bonds. The molecule has 0 saturated carbocycles. The lowest BCUT2D eigenvalue weighted by atomic mass is 9.87. The Morgan fingerprint density at radius 3 is 2.30 bits per heavy atom. The lowest BCUT2D eigenvalue weighted by Gasteiger charge is -2.19. The van der Waals surface area contributed by atoms with Gasteiger partial charge in [0.15, 0.2) is 5.82 Å². The molecule has 1 heterocycles. The molecule has 0 saturated heterocycles. The van der Waals surface area contributed by atoms with Crippen molar-refractivity contribution in [2.75, 3.05) is 5.43 Å². The zero-order chi connectivity index (χ0) is 14.6. The third-order valence-electron chi connectivity index (χ3n) is 2.96. The Balaban J connectivity index is 1.96. The zero-order valence-corrected chi connectivity index (χ0v) is 12.9. The number of hydrazine groups is 1. The topological polar surface area (TPSA) is 63.8 Å². The molecule has 1 aromatic heterocycles. The van der Waals surface area contributed by atoms with E-state index in [0.717, 1.165) is 11.4 Å². The van der Waals surface area contributed by atoms with E-state index in [1.54, 1.807) is 24.2 Å². The van der Waals surface area contributed by atoms with Crippen LogP contribution in [0.4, 0.5) is 5.82 Å². The van der Waals surface area contributed by atoms with Crippen molar-refractivity contribution >= 4 is 17.6 Å². The average Bonchev–Trinajstić information content (AvgIpc) is 2.45. The summed E-state index contributed by atoms with van der Waals surface area (Å²) in [6.07, 6.45) is 3.38. The Morgan fingerprint density at radius 1 is 1.10 bits per heavy atom. The molecule has 0 radical (unpaired) electrons. The summed E-state index contributed by atoms with van der Waals surface area (Å²) in [6, 6.07) is 8.70. The van der Waals surface area contributed by atoms with Crippen molar-refractivity contribution in [1.82, 2.24) is 9.97 Å². The Hall–Kier alpha value is -1.59. The molecule has 2 aromatic rings. The van der Waals surface area contributed by atoms with Crippen LogP contribution in [-0.4, -0.2) is 9.97 Å². The third-order valence-corrected chi connectivity index (χ3v) is 4.01. The largest absolute Gasteiger partial charge is 0.307 e. The van der Waals surface area contributed by atoms with Crippen LogP contribution in [0.25, 0.3) is 0 Å². The maximum atomic E-state index is 5.26. The predicted molar refractivity (Wildman–Crippen MR) is 84.5 cm³/mol. The normalized spacial score (nSPS) is 11.4. The number of nitrogens with zero attached hydrogens (tertiary/aromatic N) is 2. The van der Waals surface area contributed by atoms with Gasteiger partial charge >= 0.3 is 0 Å². The smallest absolute Gasteiger partial charge is 0.158 e. The molecule has 4 nitrogen and oxygen atoms in total. The molecule has 106 valence electrons. The van der Waals surface area contributed by atoms with Crippen molar-refractivity contribution in [1.29, 1.82) is 0 Å². The van der Waals surface area contributed by atoms with Crippen molar-refractivity contribution in [3.05, 3.63) is 47.9 Å². The van der Waals surface area contributed by atoms with Crippen LogP contribution in [-0.2, 0) is 11.2 Å². The van der Waals surface area contributed by atoms with Crippen molar-refractivity contribution in [2.24, 2.45) is 5.84 Å². The highest BCUT2D eigenvalue weighted by atomic mass is 32.2. The van der Waals surface area contributed by atoms with E-state index in [4.69, 9.17) is 5.84 Å². The zero-order valence-electron chi connectivity index (χ0n) is 12.1. The number of benzene rings is 1. The van der Waals surface area contributed by atoms with Crippen LogP contribution < -0.4 is 11.3 Å². The molecule has 0 spiro atoms. The van der Waals surface area contributed by atoms with Crippen LogP contribution in [0, 0.1) is 0 Å². The number of anilines is 1. The summed E-state index contributed by atoms with van der Waals surface area (Å²) >= 11 is 1.75. The maximum Gasteiger partial charge on any atom is 0.158 e. The molecule has 0 aliphatic rings. The molecule has 0 unspecified atom stereocenters. The van der Waals surface area contributed by atoms with Crippen LogP contribution in [0.2, 0.25) is 0 Å². The minimum absolute atomic E-state index is 0.194. The van der Waals surface area contributed by atoms with E-state index in [1.807, 2.05) is 0 Å². The van der Waals surface area contributed by atoms with Crippen molar-refractivity contribution in [2.45, 2.75) is 36.8 Å². The highest BCUT2D eigenvalue weighted by Gasteiger charge is 2.12. The van der Waals surface area contributed by atoms with Gasteiger partial charge in [-0.25, -0.2) is 10.8 Å². The fourth-order valence-corrected chi connectivity index (χ4v) is 2.50. The summed E-state index contributed by atoms with van der Waals surface area (Å²) in [5.41, 5.74) is 4.95. The molecule has 0 fully saturated rings. The van der Waals surface area contributed by atoms with Gasteiger partial charge in [-0.15, -0.1) is 11.8 Å². The number of nitrogens with one attached hydrogen (secondary N) is 1. The summed E-state index contributed by atoms with van der Waals surface area (Å²) in [5.74, 6) is 6.63. The number of hydrogen-bond donors (Lipinski definition) is 2. The third kappa shape index (κ3) is 3.95. The van der Waals surface area contributed by atoms with Gasteiger partial charge in [-0.2, -0.15) is 0 Å². The SMILES string of the molecule is CC(C)(C)c1ccc(SCc2cnc(NN)cn2)cc1. The molecule has 0 bridgehead atoms. The van der Waals surface area contributed by atoms with Gasteiger partial charge in [0.2, 0.25) is 0 Å². The van der Waals surface area contributed by atoms with Gasteiger partial charge in [0.1, 0.15) is 0 Å². The lowest BCUT2D eigenvalue weighted by Crippen LogP contribution is -2.10. The first-order valence-electron chi connectivity index (χ1n) is 6.50. The Morgan fingerprint density at radius 2 is 1.80 bits per heavy atom. The molecule has 3 N–H and O–H groups in total. The van der Waals surface area contributed by atoms with Gasteiger partial charge < -0.3 is 5.43 Å². The molecule has 0 aliphatic heterocycles. The Bertz CT molecular complexity index is 544. The summed E-state index contributed by atoms with van der Waals surface area (Å²) in [7, 11) is 0. The fourth-order valence-electron chi connectivity index (χ4n) is 1.71. The number of aromatic nitrogens is 2. The Kier molecular flexibility index (Phi) is 4.62. The molecule has 5 heteroatoms. The second-order valence-corrected chi connectivity index (χ2v) is 6.65. The predicted octanol–water partition coefficient (Wildman–Crippen LogP) is 3.35. The van der Waals surface area contributed by atoms with Gasteiger partial charge in [0.05, 0.1) is 18.1 Å². The van der Waals surface area contributed by atoms with Crippen LogP contribution in [0.5, 0.6) is 0 Å². The molecule has 2 rings (SSSR count). The van der Waals surface area contributed by atoms with E-state index < -0.39 is 0 Å². The molecular formula is C15H20N4S. The second-order valence-electron chi connectivity index (χ2n) is 5.60. The number of nitrogens with two attached hydrogens (primary N) is 1. The highest BCUT2D eigenvalue weighted by Crippen LogP contribution is 2.27. The average molecular weight is 288 g/mol. The molecule has 20 heavy (non-hydrogen) atoms. The summed E-state index contributed by atoms with van der Waals surface area (Å²) in [5, 5.41) is 0. The van der Waals surface area contributed by atoms with Crippen molar-refractivity contribution < 1.29 is 0 Å². The van der Waals surface area contributed by atoms with E-state index in [0.29, 0.717) is 5.82 Å². The van der Waals surface area contributed by atoms with Crippen LogP contribution in [0.1, 0.15) is 32.0 Å². The van der Waals surface area contributed by atoms with E-state index in [-0.39, 0.29) is 5.41 Å². The minimum Gasteiger partial charge on any atom is -0.307 e. The fraction of sp³-hybridized carbons (Fsp3) is 0.333. The number of hydrogen-bond acceptors (Lipinski definition) is 5. The van der Waals surface area contributed by atoms with Crippen LogP contribution in [0.15, 0.2) is 41.6 Å². The summed E-state index contributed by atoms with van der Waals surface area (Å²) in [6.45, 7) is 6.66. The molecule has 0 atom stereocenters. The van der Waals surface area contributed by atoms with Crippen molar-refractivity contribution in [3.8, 4) is 0 Å². The highest BCUT2D eigenvalue weighted by molar-refractivity contribution is 7.98. The van der Waals surface area contributed by atoms with Gasteiger partial charge in [-0.3, -0.25) is 4.98 Å². The van der Waals surface area contributed by atoms with Crippen LogP contribution in [0.3, 0.4) is 0 Å². The van der Waals surface area contributed by atoms with Gasteiger partial charge in [-0.05, 0) is 23.1 Å². The van der Waals surface area contributed by atoms with Crippen LogP contribution >= 0.6 is 11.8 Å². The first-order chi connectivity index (χ1) is 9.49. The molecular weight excluding hydrogens is 268 g/mol. The number of rotatable bonds is 4. The number of nitrogen functional groups attached to an aromatic ring is 1. The minimum atomic E-state index is 0.194. The van der Waals surface area contributed by atoms with Gasteiger partial charge in [0, 0.05) is 10.6 Å². The Labute approximate surface area is 124 Å². The summed E-state index contributed by atoms with van der Waals surface area (Å²) < 4.78 is 0. The van der Waals surface area contributed by atoms with E-state index in [1.165, 1.54) is 10.5 Å². The lowest BCUT2D eigenvalue weighted by molar-refractivity contribution is 0.590. The standard InChI is InChI=1S/C15H20N4S/c1-15(2,3)11-4-6-13(7-5-11)20-10-12-8-18-14(19-16)9-17-12/h4-9H,10,16H2,1-3H3,(H,18,19). The van der Waals surface area contributed by atoms with Gasteiger partial charge in [-0.1, -0.05) is 32.9 Å². The van der Waals surface area contributed by atoms with E-state index in [2.05, 4.69) is 60.4 Å². The van der Waals surface area contributed by atoms with Crippen molar-refractivity contribution in [3.63, 3.8) is 0 Å². The first-order valence-corrected chi connectivity index (χ1v) is 7.48. The molecule has 0 aliphatic carbocycles. The first kappa shape index (κ1) is 14.8. The van der Waals surface area contributed by atoms with E-state index in [9.17, 15) is 0 Å². The quantitative estimate of drug-likeness (QED) is 0.513. The van der Waals surface area contributed by atoms with Gasteiger partial charge in [0.25, 0.3) is 0 Å².